The molecule has 0 radical (unpaired) electrons. The summed E-state index contributed by atoms with van der Waals surface area (Å²) >= 11 is 2.39. The summed E-state index contributed by atoms with van der Waals surface area (Å²) in [5, 5.41) is 19.3. The number of carboxylic acid groups (broad SMARTS) is 1. The van der Waals surface area contributed by atoms with Gasteiger partial charge in [-0.2, -0.15) is 0 Å². The molecule has 2 amide bonds. The van der Waals surface area contributed by atoms with Gasteiger partial charge in [-0.25, -0.2) is 18.3 Å². The molecular weight excluding hydrogens is 525 g/mol. The first-order valence-electron chi connectivity index (χ1n) is 11.0. The molecule has 5 rings (SSSR count). The fourth-order valence-electron chi connectivity index (χ4n) is 4.13. The molecule has 1 saturated heterocycles. The third-order valence-electron chi connectivity index (χ3n) is 5.76. The van der Waals surface area contributed by atoms with Gasteiger partial charge in [0, 0.05) is 22.8 Å². The number of fused-ring (bicyclic) bond motifs is 2. The largest absolute Gasteiger partial charge is 0.543 e. The quantitative estimate of drug-likeness (QED) is 0.115. The van der Waals surface area contributed by atoms with Crippen LogP contribution in [0.2, 0.25) is 0 Å². The van der Waals surface area contributed by atoms with E-state index in [0.29, 0.717) is 11.3 Å². The molecular formula is C22H20FN7O5S2. The van der Waals surface area contributed by atoms with Gasteiger partial charge in [0.05, 0.1) is 17.9 Å². The maximum atomic E-state index is 13.0. The van der Waals surface area contributed by atoms with Gasteiger partial charge >= 0.3 is 0 Å². The number of imidazole rings is 1. The van der Waals surface area contributed by atoms with E-state index in [0.717, 1.165) is 21.9 Å². The van der Waals surface area contributed by atoms with E-state index >= 15 is 0 Å². The Labute approximate surface area is 217 Å². The highest BCUT2D eigenvalue weighted by Crippen LogP contribution is 2.40. The predicted molar refractivity (Wildman–Crippen MR) is 130 cm³/mol. The van der Waals surface area contributed by atoms with Crippen LogP contribution >= 0.6 is 23.1 Å². The number of hydrogen-bond acceptors (Lipinski definition) is 10. The Morgan fingerprint density at radius 3 is 2.95 bits per heavy atom. The van der Waals surface area contributed by atoms with E-state index in [1.807, 2.05) is 45.8 Å². The number of anilines is 1. The van der Waals surface area contributed by atoms with E-state index in [-0.39, 0.29) is 35.4 Å². The number of nitrogens with zero attached hydrogens (tertiary/aromatic N) is 5. The van der Waals surface area contributed by atoms with Gasteiger partial charge < -0.3 is 25.8 Å². The van der Waals surface area contributed by atoms with E-state index in [1.54, 1.807) is 0 Å². The Morgan fingerprint density at radius 1 is 1.38 bits per heavy atom. The second kappa shape index (κ2) is 10.2. The molecule has 192 valence electrons. The maximum absolute atomic E-state index is 13.0. The molecule has 15 heteroatoms. The summed E-state index contributed by atoms with van der Waals surface area (Å²) in [4.78, 5) is 48.1. The number of halogens is 1. The summed E-state index contributed by atoms with van der Waals surface area (Å²) in [6.45, 7) is -0.939. The third-order valence-corrected chi connectivity index (χ3v) is 7.77. The number of thiazole rings is 1. The van der Waals surface area contributed by atoms with Crippen LogP contribution in [0.4, 0.5) is 9.52 Å². The number of oxime groups is 1. The normalized spacial score (nSPS) is 19.5. The highest BCUT2D eigenvalue weighted by Gasteiger charge is 2.53. The lowest BCUT2D eigenvalue weighted by atomic mass is 10.0. The molecule has 5 heterocycles. The van der Waals surface area contributed by atoms with Crippen LogP contribution < -0.4 is 20.6 Å². The second-order valence-electron chi connectivity index (χ2n) is 8.03. The van der Waals surface area contributed by atoms with Crippen molar-refractivity contribution in [3.8, 4) is 0 Å². The first-order chi connectivity index (χ1) is 17.9. The molecule has 0 bridgehead atoms. The number of carbonyl (C=O) groups excluding carboxylic acids is 3. The Bertz CT molecular complexity index is 1450. The number of rotatable bonds is 9. The van der Waals surface area contributed by atoms with Crippen molar-refractivity contribution < 1.29 is 33.1 Å². The number of nitrogens with two attached hydrogens (primary N) is 1. The van der Waals surface area contributed by atoms with Gasteiger partial charge in [0.15, 0.2) is 10.8 Å². The number of hydrogen-bond donors (Lipinski definition) is 2. The lowest BCUT2D eigenvalue weighted by molar-refractivity contribution is -0.510. The molecule has 3 aromatic heterocycles. The molecule has 37 heavy (non-hydrogen) atoms. The van der Waals surface area contributed by atoms with Gasteiger partial charge in [0.1, 0.15) is 49.3 Å². The Kier molecular flexibility index (Phi) is 6.80. The summed E-state index contributed by atoms with van der Waals surface area (Å²) in [5.74, 6) is -2.55. The van der Waals surface area contributed by atoms with Crippen LogP contribution in [0, 0.1) is 0 Å². The van der Waals surface area contributed by atoms with Crippen LogP contribution in [0.3, 0.4) is 0 Å². The second-order valence-corrected chi connectivity index (χ2v) is 10.0. The highest BCUT2D eigenvalue weighted by molar-refractivity contribution is 8.00. The third kappa shape index (κ3) is 4.62. The lowest BCUT2D eigenvalue weighted by Gasteiger charge is -2.50. The van der Waals surface area contributed by atoms with Gasteiger partial charge in [-0.15, -0.1) is 23.1 Å². The minimum Gasteiger partial charge on any atom is -0.543 e. The van der Waals surface area contributed by atoms with Crippen molar-refractivity contribution in [2.24, 2.45) is 5.16 Å². The molecule has 0 unspecified atom stereocenters. The average Bonchev–Trinajstić information content (AvgIpc) is 3.50. The smallest absolute Gasteiger partial charge is 0.286 e. The number of thioether (sulfide) groups is 1. The van der Waals surface area contributed by atoms with E-state index in [2.05, 4.69) is 15.5 Å². The van der Waals surface area contributed by atoms with Crippen molar-refractivity contribution in [3.05, 3.63) is 59.1 Å². The molecule has 0 saturated carbocycles. The van der Waals surface area contributed by atoms with E-state index in [9.17, 15) is 23.9 Å². The lowest BCUT2D eigenvalue weighted by Crippen LogP contribution is -2.71. The number of pyridine rings is 1. The van der Waals surface area contributed by atoms with Crippen LogP contribution in [0.15, 0.2) is 58.6 Å². The highest BCUT2D eigenvalue weighted by atomic mass is 32.2. The molecule has 0 aromatic carbocycles. The zero-order valence-electron chi connectivity index (χ0n) is 19.1. The van der Waals surface area contributed by atoms with E-state index < -0.39 is 35.9 Å². The van der Waals surface area contributed by atoms with Gasteiger partial charge in [0.25, 0.3) is 17.5 Å². The van der Waals surface area contributed by atoms with Gasteiger partial charge in [-0.3, -0.25) is 14.5 Å². The minimum atomic E-state index is -1.47. The summed E-state index contributed by atoms with van der Waals surface area (Å²) in [6, 6.07) is 4.63. The SMILES string of the molecule is Nc1nc(/C(=N/OCCF)C(=O)N[C@@H]2C(=O)N3C(C(=O)[O-])=C(Cn4cc[n+]5ccccc45)CS[C@@H]23)cs1. The number of amides is 2. The first kappa shape index (κ1) is 24.7. The molecule has 0 aliphatic carbocycles. The molecule has 0 spiro atoms. The maximum Gasteiger partial charge on any atom is 0.286 e. The monoisotopic (exact) mass is 545 g/mol. The zero-order chi connectivity index (χ0) is 26.1. The van der Waals surface area contributed by atoms with E-state index in [1.165, 1.54) is 17.1 Å². The fourth-order valence-corrected chi connectivity index (χ4v) is 6.02. The number of carbonyl (C=O) groups is 3. The van der Waals surface area contributed by atoms with E-state index in [4.69, 9.17) is 10.6 Å². The summed E-state index contributed by atoms with van der Waals surface area (Å²) in [5.41, 5.74) is 6.64. The molecule has 2 atom stereocenters. The number of aromatic nitrogens is 3. The van der Waals surface area contributed by atoms with Crippen molar-refractivity contribution in [1.29, 1.82) is 0 Å². The van der Waals surface area contributed by atoms with Crippen molar-refractivity contribution in [3.63, 3.8) is 0 Å². The fraction of sp³-hybridized carbons (Fsp3) is 0.273. The van der Waals surface area contributed by atoms with Crippen LogP contribution in [0.25, 0.3) is 5.65 Å². The molecule has 3 N–H and O–H groups in total. The number of carboxylic acids is 1. The van der Waals surface area contributed by atoms with Gasteiger partial charge in [-0.05, 0) is 6.07 Å². The first-order valence-corrected chi connectivity index (χ1v) is 12.9. The van der Waals surface area contributed by atoms with Crippen molar-refractivity contribution in [2.75, 3.05) is 24.8 Å². The average molecular weight is 546 g/mol. The minimum absolute atomic E-state index is 0.105. The van der Waals surface area contributed by atoms with Crippen LogP contribution in [0.5, 0.6) is 0 Å². The number of alkyl halides is 1. The molecule has 2 aliphatic rings. The van der Waals surface area contributed by atoms with Crippen molar-refractivity contribution in [1.82, 2.24) is 19.8 Å². The summed E-state index contributed by atoms with van der Waals surface area (Å²) < 4.78 is 16.2. The number of nitrogens with one attached hydrogen (secondary N) is 1. The Hall–Kier alpha value is -3.98. The van der Waals surface area contributed by atoms with Crippen LogP contribution in [0.1, 0.15) is 5.69 Å². The predicted octanol–water partition coefficient (Wildman–Crippen LogP) is -0.940. The number of nitrogen functional groups attached to an aromatic ring is 1. The Balaban J connectivity index is 1.36. The number of aliphatic carboxylic acids is 1. The molecule has 1 fully saturated rings. The number of β-lactam (4-membered cyclic amide) rings is 1. The van der Waals surface area contributed by atoms with Crippen LogP contribution in [-0.2, 0) is 25.8 Å². The molecule has 12 nitrogen and oxygen atoms in total. The van der Waals surface area contributed by atoms with Gasteiger partial charge in [-0.1, -0.05) is 11.2 Å². The summed E-state index contributed by atoms with van der Waals surface area (Å²) in [6.07, 6.45) is 5.54. The molecule has 2 aliphatic heterocycles. The van der Waals surface area contributed by atoms with Crippen LogP contribution in [-0.4, -0.2) is 68.4 Å². The summed E-state index contributed by atoms with van der Waals surface area (Å²) in [7, 11) is 0. The zero-order valence-corrected chi connectivity index (χ0v) is 20.7. The van der Waals surface area contributed by atoms with Crippen molar-refractivity contribution in [2.45, 2.75) is 18.0 Å². The Morgan fingerprint density at radius 2 is 2.22 bits per heavy atom. The van der Waals surface area contributed by atoms with Crippen molar-refractivity contribution >= 4 is 57.4 Å². The topological polar surface area (TPSA) is 159 Å². The molecule has 3 aromatic rings. The standard InChI is InChI=1S/C22H20FN7O5S2/c23-4-8-35-27-15(13-11-37-22(24)25-13)18(31)26-16-19(32)30-17(21(33)34)12(10-36-20(16)30)9-29-7-6-28-5-2-1-3-14(28)29/h1-3,5-7,11,16,20H,4,8-10H2,(H3-,24,25,26,31,33,34)/b27-15-/t16-,20+/m1/s1. The van der Waals surface area contributed by atoms with Gasteiger partial charge in [0.2, 0.25) is 0 Å².